The molecule has 8 nitrogen and oxygen atoms in total. The maximum absolute atomic E-state index is 13.6. The predicted octanol–water partition coefficient (Wildman–Crippen LogP) is 3.60. The number of ether oxygens (including phenoxy) is 1. The Kier molecular flexibility index (Phi) is 6.52. The number of hydrogen-bond donors (Lipinski definition) is 2. The van der Waals surface area contributed by atoms with E-state index < -0.39 is 11.6 Å². The zero-order chi connectivity index (χ0) is 23.8. The zero-order valence-corrected chi connectivity index (χ0v) is 20.5. The van der Waals surface area contributed by atoms with Crippen molar-refractivity contribution >= 4 is 29.0 Å². The maximum Gasteiger partial charge on any atom is 0.343 e. The van der Waals surface area contributed by atoms with Crippen LogP contribution in [0.2, 0.25) is 0 Å². The fourth-order valence-corrected chi connectivity index (χ4v) is 6.95. The Morgan fingerprint density at radius 1 is 1.26 bits per heavy atom. The quantitative estimate of drug-likeness (QED) is 0.456. The third-order valence-corrected chi connectivity index (χ3v) is 8.83. The molecule has 3 aliphatic heterocycles. The van der Waals surface area contributed by atoms with E-state index in [0.29, 0.717) is 34.7 Å². The number of rotatable bonds is 7. The number of fused-ring (bicyclic) bond motifs is 3. The van der Waals surface area contributed by atoms with Gasteiger partial charge in [0.15, 0.2) is 24.1 Å². The number of aromatic nitrogens is 1. The van der Waals surface area contributed by atoms with Crippen molar-refractivity contribution in [1.82, 2.24) is 5.16 Å². The highest BCUT2D eigenvalue weighted by atomic mass is 32.1. The van der Waals surface area contributed by atoms with Crippen LogP contribution in [0.4, 0.5) is 5.82 Å². The molecular formula is C25H34N3O5S+. The van der Waals surface area contributed by atoms with Crippen LogP contribution in [0.15, 0.2) is 27.4 Å². The summed E-state index contributed by atoms with van der Waals surface area (Å²) in [5.41, 5.74) is -0.943. The number of aliphatic hydroxyl groups is 1. The van der Waals surface area contributed by atoms with Crippen molar-refractivity contribution in [3.63, 3.8) is 0 Å². The Balaban J connectivity index is 1.29. The Morgan fingerprint density at radius 2 is 2.03 bits per heavy atom. The minimum atomic E-state index is -1.60. The summed E-state index contributed by atoms with van der Waals surface area (Å²) in [5.74, 6) is 0.591. The number of aryl methyl sites for hydroxylation is 1. The first-order chi connectivity index (χ1) is 16.4. The number of nitrogens with zero attached hydrogens (tertiary/aromatic N) is 2. The normalized spacial score (nSPS) is 28.9. The summed E-state index contributed by atoms with van der Waals surface area (Å²) in [6.07, 6.45) is 6.39. The molecule has 184 valence electrons. The smallest absolute Gasteiger partial charge is 0.343 e. The third-order valence-electron chi connectivity index (χ3n) is 8.14. The van der Waals surface area contributed by atoms with Gasteiger partial charge in [0.1, 0.15) is 12.3 Å². The van der Waals surface area contributed by atoms with Gasteiger partial charge >= 0.3 is 5.97 Å². The molecule has 0 spiro atoms. The first kappa shape index (κ1) is 23.5. The van der Waals surface area contributed by atoms with Crippen molar-refractivity contribution in [2.24, 2.45) is 11.8 Å². The molecule has 2 bridgehead atoms. The van der Waals surface area contributed by atoms with Crippen LogP contribution in [0.5, 0.6) is 0 Å². The lowest BCUT2D eigenvalue weighted by molar-refractivity contribution is -0.939. The van der Waals surface area contributed by atoms with Crippen LogP contribution >= 0.6 is 11.3 Å². The second-order valence-corrected chi connectivity index (χ2v) is 11.2. The van der Waals surface area contributed by atoms with Crippen LogP contribution in [0.3, 0.4) is 0 Å². The van der Waals surface area contributed by atoms with Gasteiger partial charge in [-0.25, -0.2) is 4.79 Å². The number of thiophene rings is 1. The summed E-state index contributed by atoms with van der Waals surface area (Å²) >= 11 is 1.49. The summed E-state index contributed by atoms with van der Waals surface area (Å²) in [5, 5.41) is 22.2. The third kappa shape index (κ3) is 4.53. The summed E-state index contributed by atoms with van der Waals surface area (Å²) in [6.45, 7) is 4.47. The van der Waals surface area contributed by atoms with E-state index in [9.17, 15) is 14.7 Å². The maximum atomic E-state index is 13.6. The first-order valence-electron chi connectivity index (χ1n) is 12.4. The number of amides is 1. The van der Waals surface area contributed by atoms with Gasteiger partial charge in [-0.05, 0) is 36.6 Å². The molecule has 34 heavy (non-hydrogen) atoms. The van der Waals surface area contributed by atoms with Crippen LogP contribution in [-0.4, -0.2) is 58.9 Å². The topological polar surface area (TPSA) is 102 Å². The molecule has 0 aromatic carbocycles. The summed E-state index contributed by atoms with van der Waals surface area (Å²) in [7, 11) is 0. The molecule has 3 saturated heterocycles. The van der Waals surface area contributed by atoms with E-state index in [1.54, 1.807) is 13.0 Å². The lowest BCUT2D eigenvalue weighted by Crippen LogP contribution is -2.66. The van der Waals surface area contributed by atoms with Crippen LogP contribution in [-0.2, 0) is 19.9 Å². The summed E-state index contributed by atoms with van der Waals surface area (Å²) < 4.78 is 11.8. The highest BCUT2D eigenvalue weighted by Crippen LogP contribution is 2.43. The fraction of sp³-hybridized carbons (Fsp3) is 0.640. The number of piperidine rings is 3. The molecule has 9 heteroatoms. The van der Waals surface area contributed by atoms with Crippen molar-refractivity contribution in [3.8, 4) is 0 Å². The summed E-state index contributed by atoms with van der Waals surface area (Å²) in [6, 6.07) is 3.54. The van der Waals surface area contributed by atoms with Crippen molar-refractivity contribution in [1.29, 1.82) is 0 Å². The number of anilines is 1. The van der Waals surface area contributed by atoms with Crippen LogP contribution in [0.1, 0.15) is 56.3 Å². The van der Waals surface area contributed by atoms with Gasteiger partial charge in [0.25, 0.3) is 5.91 Å². The average Bonchev–Trinajstić information content (AvgIpc) is 3.52. The van der Waals surface area contributed by atoms with Crippen molar-refractivity contribution in [3.05, 3.63) is 34.2 Å². The van der Waals surface area contributed by atoms with Gasteiger partial charge in [0.2, 0.25) is 0 Å². The highest BCUT2D eigenvalue weighted by Gasteiger charge is 2.53. The molecule has 1 amide bonds. The molecular weight excluding hydrogens is 454 g/mol. The van der Waals surface area contributed by atoms with Gasteiger partial charge in [-0.3, -0.25) is 4.79 Å². The first-order valence-corrected chi connectivity index (χ1v) is 13.4. The molecule has 0 radical (unpaired) electrons. The van der Waals surface area contributed by atoms with Crippen molar-refractivity contribution in [2.75, 3.05) is 31.5 Å². The van der Waals surface area contributed by atoms with E-state index >= 15 is 0 Å². The van der Waals surface area contributed by atoms with Gasteiger partial charge in [0, 0.05) is 36.3 Å². The van der Waals surface area contributed by atoms with E-state index in [0.717, 1.165) is 58.0 Å². The van der Waals surface area contributed by atoms with Crippen LogP contribution in [0, 0.1) is 18.8 Å². The SMILES string of the molecule is Cc1cc(NC(=O)C[N+]23CCC(CC2)[C@@H](OC(=O)C(O)(c2ccsc2)C2CCCCC2)C3)no1. The molecule has 2 atom stereocenters. The molecule has 4 aliphatic rings. The van der Waals surface area contributed by atoms with E-state index in [-0.39, 0.29) is 23.8 Å². The van der Waals surface area contributed by atoms with Crippen LogP contribution < -0.4 is 5.32 Å². The van der Waals surface area contributed by atoms with Crippen LogP contribution in [0.25, 0.3) is 0 Å². The molecule has 1 aliphatic carbocycles. The van der Waals surface area contributed by atoms with E-state index in [1.807, 2.05) is 16.8 Å². The predicted molar refractivity (Wildman–Crippen MR) is 127 cm³/mol. The molecule has 6 rings (SSSR count). The fourth-order valence-electron chi connectivity index (χ4n) is 6.24. The second kappa shape index (κ2) is 9.43. The monoisotopic (exact) mass is 488 g/mol. The number of carbonyl (C=O) groups excluding carboxylic acids is 2. The molecule has 5 heterocycles. The number of esters is 1. The molecule has 2 aromatic rings. The average molecular weight is 489 g/mol. The zero-order valence-electron chi connectivity index (χ0n) is 19.7. The number of carbonyl (C=O) groups is 2. The highest BCUT2D eigenvalue weighted by molar-refractivity contribution is 7.08. The minimum absolute atomic E-state index is 0.115. The number of nitrogens with one attached hydrogen (secondary N) is 1. The van der Waals surface area contributed by atoms with E-state index in [4.69, 9.17) is 9.26 Å². The molecule has 1 unspecified atom stereocenters. The van der Waals surface area contributed by atoms with E-state index in [1.165, 1.54) is 11.3 Å². The number of hydrogen-bond acceptors (Lipinski definition) is 7. The number of quaternary nitrogens is 1. The largest absolute Gasteiger partial charge is 0.454 e. The Hall–Kier alpha value is -2.23. The Morgan fingerprint density at radius 3 is 2.68 bits per heavy atom. The van der Waals surface area contributed by atoms with Gasteiger partial charge in [-0.15, -0.1) is 0 Å². The van der Waals surface area contributed by atoms with Crippen molar-refractivity contribution in [2.45, 2.75) is 63.6 Å². The van der Waals surface area contributed by atoms with Crippen molar-refractivity contribution < 1.29 is 28.4 Å². The molecule has 1 saturated carbocycles. The van der Waals surface area contributed by atoms with Gasteiger partial charge in [-0.2, -0.15) is 11.3 Å². The minimum Gasteiger partial charge on any atom is -0.454 e. The Labute approximate surface area is 203 Å². The van der Waals surface area contributed by atoms with Gasteiger partial charge < -0.3 is 24.2 Å². The standard InChI is InChI=1S/C25H33N3O5S/c1-17-13-22(27-33-17)26-23(29)15-28-10-7-18(8-11-28)21(14-28)32-24(30)25(31,20-9-12-34-16-20)19-5-3-2-4-6-19/h9,12-13,16,18-19,21,31H,2-8,10-11,14-15H2,1H3/p+1/t18?,21-,25?,28?/m0/s1. The summed E-state index contributed by atoms with van der Waals surface area (Å²) in [4.78, 5) is 26.4. The molecule has 2 N–H and O–H groups in total. The Bertz CT molecular complexity index is 1010. The van der Waals surface area contributed by atoms with E-state index in [2.05, 4.69) is 10.5 Å². The second-order valence-electron chi connectivity index (χ2n) is 10.4. The lowest BCUT2D eigenvalue weighted by Gasteiger charge is -2.52. The van der Waals surface area contributed by atoms with Gasteiger partial charge in [-0.1, -0.05) is 24.4 Å². The molecule has 4 fully saturated rings. The molecule has 2 aromatic heterocycles. The lowest BCUT2D eigenvalue weighted by atomic mass is 9.74. The van der Waals surface area contributed by atoms with Gasteiger partial charge in [0.05, 0.1) is 13.1 Å².